The number of carbonyl (C=O) groups is 1. The van der Waals surface area contributed by atoms with E-state index in [4.69, 9.17) is 11.5 Å². The fraction of sp³-hybridized carbons (Fsp3) is 0.600. The highest BCUT2D eigenvalue weighted by Crippen LogP contribution is 1.89. The average molecular weight is 115 g/mol. The van der Waals surface area contributed by atoms with Gasteiger partial charge in [-0.15, -0.1) is 0 Å². The van der Waals surface area contributed by atoms with Crippen LogP contribution in [0, 0.1) is 6.92 Å². The maximum absolute atomic E-state index is 10.1. The van der Waals surface area contributed by atoms with Gasteiger partial charge >= 0.3 is 0 Å². The van der Waals surface area contributed by atoms with Gasteiger partial charge in [-0.25, -0.2) is 0 Å². The number of nitrogens with two attached hydrogens (primary N) is 2. The van der Waals surface area contributed by atoms with Crippen LogP contribution in [0.4, 0.5) is 0 Å². The zero-order valence-electron chi connectivity index (χ0n) is 4.76. The third-order valence-electron chi connectivity index (χ3n) is 0.834. The molecule has 0 spiro atoms. The highest BCUT2D eigenvalue weighted by molar-refractivity contribution is 5.74. The van der Waals surface area contributed by atoms with Crippen molar-refractivity contribution in [3.8, 4) is 0 Å². The van der Waals surface area contributed by atoms with Crippen molar-refractivity contribution in [1.82, 2.24) is 0 Å². The summed E-state index contributed by atoms with van der Waals surface area (Å²) in [6, 6.07) is -0.160. The van der Waals surface area contributed by atoms with Gasteiger partial charge in [-0.2, -0.15) is 0 Å². The molecule has 3 nitrogen and oxygen atoms in total. The van der Waals surface area contributed by atoms with Gasteiger partial charge in [0.15, 0.2) is 0 Å². The van der Waals surface area contributed by atoms with E-state index in [-0.39, 0.29) is 18.4 Å². The summed E-state index contributed by atoms with van der Waals surface area (Å²) in [6.07, 6.45) is 0.798. The maximum atomic E-state index is 10.1. The van der Waals surface area contributed by atoms with Crippen molar-refractivity contribution in [3.63, 3.8) is 0 Å². The molecule has 0 aromatic carbocycles. The topological polar surface area (TPSA) is 69.1 Å². The fourth-order valence-electron chi connectivity index (χ4n) is 0.360. The van der Waals surface area contributed by atoms with E-state index in [1.807, 2.05) is 0 Å². The van der Waals surface area contributed by atoms with Crippen LogP contribution >= 0.6 is 0 Å². The summed E-state index contributed by atoms with van der Waals surface area (Å²) in [6.45, 7) is 3.51. The molecule has 47 valence electrons. The van der Waals surface area contributed by atoms with E-state index in [9.17, 15) is 4.79 Å². The first kappa shape index (κ1) is 7.43. The minimum absolute atomic E-state index is 0.160. The highest BCUT2D eigenvalue weighted by atomic mass is 16.1. The Morgan fingerprint density at radius 3 is 2.38 bits per heavy atom. The standard InChI is InChI=1S/C5H11N2O/c1-2-4(6)3-5(7)8/h4H,1-3,6H2,(H2,7,8). The first-order valence-electron chi connectivity index (χ1n) is 2.50. The molecule has 0 bridgehead atoms. The van der Waals surface area contributed by atoms with Crippen LogP contribution in [-0.2, 0) is 4.79 Å². The summed E-state index contributed by atoms with van der Waals surface area (Å²) < 4.78 is 0. The van der Waals surface area contributed by atoms with Gasteiger partial charge in [-0.05, 0) is 6.42 Å². The zero-order valence-corrected chi connectivity index (χ0v) is 4.76. The largest absolute Gasteiger partial charge is 0.370 e. The smallest absolute Gasteiger partial charge is 0.218 e. The Bertz CT molecular complexity index is 82.5. The molecular weight excluding hydrogens is 104 g/mol. The second-order valence-corrected chi connectivity index (χ2v) is 1.72. The minimum atomic E-state index is -0.360. The molecule has 1 atom stereocenters. The lowest BCUT2D eigenvalue weighted by Gasteiger charge is -2.02. The van der Waals surface area contributed by atoms with Crippen LogP contribution in [0.25, 0.3) is 0 Å². The molecule has 0 aromatic heterocycles. The summed E-state index contributed by atoms with van der Waals surface area (Å²) in [5.74, 6) is -0.360. The summed E-state index contributed by atoms with van der Waals surface area (Å²) in [5.41, 5.74) is 10.1. The van der Waals surface area contributed by atoms with Crippen molar-refractivity contribution < 1.29 is 4.79 Å². The molecule has 8 heavy (non-hydrogen) atoms. The molecule has 0 aliphatic rings. The van der Waals surface area contributed by atoms with E-state index < -0.39 is 0 Å². The van der Waals surface area contributed by atoms with Crippen molar-refractivity contribution in [2.75, 3.05) is 0 Å². The quantitative estimate of drug-likeness (QED) is 0.516. The van der Waals surface area contributed by atoms with Crippen LogP contribution < -0.4 is 11.5 Å². The summed E-state index contributed by atoms with van der Waals surface area (Å²) >= 11 is 0. The van der Waals surface area contributed by atoms with E-state index in [2.05, 4.69) is 6.92 Å². The first-order chi connectivity index (χ1) is 3.66. The SMILES string of the molecule is [CH2]CC(N)CC(N)=O. The van der Waals surface area contributed by atoms with Crippen LogP contribution in [-0.4, -0.2) is 11.9 Å². The Hall–Kier alpha value is -0.570. The molecule has 0 saturated carbocycles. The Kier molecular flexibility index (Phi) is 3.19. The second kappa shape index (κ2) is 3.43. The third kappa shape index (κ3) is 3.61. The molecular formula is C5H11N2O. The molecule has 0 aliphatic heterocycles. The van der Waals surface area contributed by atoms with Gasteiger partial charge in [-0.3, -0.25) is 4.79 Å². The molecule has 0 aromatic rings. The third-order valence-corrected chi connectivity index (χ3v) is 0.834. The molecule has 1 unspecified atom stereocenters. The molecule has 1 radical (unpaired) electrons. The van der Waals surface area contributed by atoms with Gasteiger partial charge in [0.05, 0.1) is 0 Å². The van der Waals surface area contributed by atoms with E-state index in [1.165, 1.54) is 0 Å². The molecule has 3 heteroatoms. The van der Waals surface area contributed by atoms with E-state index >= 15 is 0 Å². The predicted octanol–water partition coefficient (Wildman–Crippen LogP) is -0.587. The van der Waals surface area contributed by atoms with Crippen LogP contribution in [0.3, 0.4) is 0 Å². The number of rotatable bonds is 3. The van der Waals surface area contributed by atoms with E-state index in [0.717, 1.165) is 0 Å². The lowest BCUT2D eigenvalue weighted by molar-refractivity contribution is -0.118. The summed E-state index contributed by atoms with van der Waals surface area (Å²) in [4.78, 5) is 10.1. The molecule has 0 saturated heterocycles. The maximum Gasteiger partial charge on any atom is 0.218 e. The lowest BCUT2D eigenvalue weighted by Crippen LogP contribution is -2.26. The van der Waals surface area contributed by atoms with Gasteiger partial charge < -0.3 is 11.5 Å². The fourth-order valence-corrected chi connectivity index (χ4v) is 0.360. The lowest BCUT2D eigenvalue weighted by atomic mass is 10.2. The van der Waals surface area contributed by atoms with Gasteiger partial charge in [0.25, 0.3) is 0 Å². The van der Waals surface area contributed by atoms with E-state index in [0.29, 0.717) is 6.42 Å². The Labute approximate surface area is 49.0 Å². The van der Waals surface area contributed by atoms with Gasteiger partial charge in [0, 0.05) is 12.5 Å². The van der Waals surface area contributed by atoms with Crippen LogP contribution in [0.15, 0.2) is 0 Å². The Morgan fingerprint density at radius 1 is 1.75 bits per heavy atom. The number of carbonyl (C=O) groups excluding carboxylic acids is 1. The molecule has 0 aliphatic carbocycles. The Balaban J connectivity index is 3.24. The molecule has 1 amide bonds. The van der Waals surface area contributed by atoms with Gasteiger partial charge in [0.1, 0.15) is 0 Å². The monoisotopic (exact) mass is 115 g/mol. The zero-order chi connectivity index (χ0) is 6.57. The molecule has 0 fully saturated rings. The summed E-state index contributed by atoms with van der Waals surface area (Å²) in [7, 11) is 0. The first-order valence-corrected chi connectivity index (χ1v) is 2.50. The van der Waals surface area contributed by atoms with E-state index in [1.54, 1.807) is 0 Å². The van der Waals surface area contributed by atoms with Crippen LogP contribution in [0.1, 0.15) is 12.8 Å². The average Bonchev–Trinajstić information content (AvgIpc) is 1.65. The van der Waals surface area contributed by atoms with Crippen molar-refractivity contribution in [1.29, 1.82) is 0 Å². The van der Waals surface area contributed by atoms with Crippen LogP contribution in [0.5, 0.6) is 0 Å². The minimum Gasteiger partial charge on any atom is -0.370 e. The Morgan fingerprint density at radius 2 is 2.25 bits per heavy atom. The van der Waals surface area contributed by atoms with Crippen molar-refractivity contribution in [2.24, 2.45) is 11.5 Å². The highest BCUT2D eigenvalue weighted by Gasteiger charge is 2.01. The van der Waals surface area contributed by atoms with Gasteiger partial charge in [-0.1, -0.05) is 6.92 Å². The van der Waals surface area contributed by atoms with Crippen molar-refractivity contribution >= 4 is 5.91 Å². The number of hydrogen-bond donors (Lipinski definition) is 2. The second-order valence-electron chi connectivity index (χ2n) is 1.72. The molecule has 4 N–H and O–H groups in total. The van der Waals surface area contributed by atoms with Crippen LogP contribution in [0.2, 0.25) is 0 Å². The normalized spacial score (nSPS) is 13.2. The van der Waals surface area contributed by atoms with Crippen molar-refractivity contribution in [3.05, 3.63) is 6.92 Å². The predicted molar refractivity (Wildman–Crippen MR) is 31.8 cm³/mol. The molecule has 0 rings (SSSR count). The number of hydrogen-bond acceptors (Lipinski definition) is 2. The summed E-state index contributed by atoms with van der Waals surface area (Å²) in [5, 5.41) is 0. The number of primary amides is 1. The number of amides is 1. The van der Waals surface area contributed by atoms with Crippen molar-refractivity contribution in [2.45, 2.75) is 18.9 Å². The molecule has 0 heterocycles. The van der Waals surface area contributed by atoms with Gasteiger partial charge in [0.2, 0.25) is 5.91 Å².